The minimum Gasteiger partial charge on any atom is -0.395 e. The molecule has 0 spiro atoms. The SMILES string of the molecule is CNC(=O)c1cc(S(=O)(=O)N[C@H](CO)C(C)C)cn1C. The third-order valence-electron chi connectivity index (χ3n) is 3.06. The van der Waals surface area contributed by atoms with E-state index in [2.05, 4.69) is 10.0 Å². The number of aliphatic hydroxyl groups excluding tert-OH is 1. The highest BCUT2D eigenvalue weighted by Crippen LogP contribution is 2.15. The number of carbonyl (C=O) groups is 1. The first kappa shape index (κ1) is 16.7. The minimum absolute atomic E-state index is 0.00213. The molecule has 0 aromatic carbocycles. The number of aryl methyl sites for hydroxylation is 1. The van der Waals surface area contributed by atoms with Crippen molar-refractivity contribution in [2.24, 2.45) is 13.0 Å². The smallest absolute Gasteiger partial charge is 0.267 e. The molecule has 1 heterocycles. The normalized spacial score (nSPS) is 13.5. The van der Waals surface area contributed by atoms with Gasteiger partial charge in [0.1, 0.15) is 10.6 Å². The molecule has 1 rings (SSSR count). The molecule has 114 valence electrons. The molecule has 0 saturated heterocycles. The topological polar surface area (TPSA) is 100 Å². The van der Waals surface area contributed by atoms with E-state index >= 15 is 0 Å². The summed E-state index contributed by atoms with van der Waals surface area (Å²) in [5.74, 6) is -0.409. The van der Waals surface area contributed by atoms with Crippen molar-refractivity contribution < 1.29 is 18.3 Å². The summed E-state index contributed by atoms with van der Waals surface area (Å²) in [4.78, 5) is 11.6. The summed E-state index contributed by atoms with van der Waals surface area (Å²) in [5, 5.41) is 11.6. The summed E-state index contributed by atoms with van der Waals surface area (Å²) in [6.07, 6.45) is 1.36. The third-order valence-corrected chi connectivity index (χ3v) is 4.51. The molecule has 1 aromatic rings. The Morgan fingerprint density at radius 2 is 2.05 bits per heavy atom. The number of sulfonamides is 1. The first-order valence-electron chi connectivity index (χ1n) is 6.24. The zero-order valence-corrected chi connectivity index (χ0v) is 12.9. The second kappa shape index (κ2) is 6.38. The zero-order valence-electron chi connectivity index (χ0n) is 12.0. The van der Waals surface area contributed by atoms with Crippen LogP contribution >= 0.6 is 0 Å². The van der Waals surface area contributed by atoms with Gasteiger partial charge in [-0.05, 0) is 12.0 Å². The molecule has 3 N–H and O–H groups in total. The Labute approximate surface area is 119 Å². The van der Waals surface area contributed by atoms with Crippen molar-refractivity contribution in [2.45, 2.75) is 24.8 Å². The lowest BCUT2D eigenvalue weighted by Crippen LogP contribution is -2.40. The first-order valence-corrected chi connectivity index (χ1v) is 7.73. The fourth-order valence-corrected chi connectivity index (χ4v) is 3.13. The van der Waals surface area contributed by atoms with E-state index < -0.39 is 16.1 Å². The number of rotatable bonds is 6. The number of hydrogen-bond acceptors (Lipinski definition) is 4. The van der Waals surface area contributed by atoms with Crippen LogP contribution in [-0.4, -0.2) is 43.7 Å². The summed E-state index contributed by atoms with van der Waals surface area (Å²) in [6.45, 7) is 3.33. The standard InChI is InChI=1S/C12H21N3O4S/c1-8(2)10(7-16)14-20(18,19)9-5-11(12(17)13-3)15(4)6-9/h5-6,8,10,14,16H,7H2,1-4H3,(H,13,17)/t10-/m1/s1. The van der Waals surface area contributed by atoms with Crippen molar-refractivity contribution in [3.05, 3.63) is 18.0 Å². The molecule has 0 radical (unpaired) electrons. The van der Waals surface area contributed by atoms with Crippen LogP contribution in [0.15, 0.2) is 17.2 Å². The fraction of sp³-hybridized carbons (Fsp3) is 0.583. The molecule has 8 heteroatoms. The van der Waals surface area contributed by atoms with E-state index in [1.54, 1.807) is 7.05 Å². The average molecular weight is 303 g/mol. The van der Waals surface area contributed by atoms with Crippen LogP contribution in [0.1, 0.15) is 24.3 Å². The molecule has 0 aliphatic heterocycles. The summed E-state index contributed by atoms with van der Waals surface area (Å²) < 4.78 is 28.3. The third kappa shape index (κ3) is 3.59. The lowest BCUT2D eigenvalue weighted by atomic mass is 10.1. The number of nitrogens with one attached hydrogen (secondary N) is 2. The van der Waals surface area contributed by atoms with Crippen LogP contribution in [0.2, 0.25) is 0 Å². The predicted molar refractivity (Wildman–Crippen MR) is 74.8 cm³/mol. The molecule has 7 nitrogen and oxygen atoms in total. The van der Waals surface area contributed by atoms with Gasteiger partial charge in [0, 0.05) is 26.3 Å². The zero-order chi connectivity index (χ0) is 15.5. The molecule has 20 heavy (non-hydrogen) atoms. The lowest BCUT2D eigenvalue weighted by molar-refractivity contribution is 0.0955. The number of amides is 1. The van der Waals surface area contributed by atoms with E-state index in [0.29, 0.717) is 0 Å². The van der Waals surface area contributed by atoms with Crippen molar-refractivity contribution in [3.8, 4) is 0 Å². The molecule has 1 atom stereocenters. The predicted octanol–water partition coefficient (Wildman–Crippen LogP) is -0.320. The molecule has 0 unspecified atom stereocenters. The van der Waals surface area contributed by atoms with Gasteiger partial charge in [-0.3, -0.25) is 4.79 Å². The van der Waals surface area contributed by atoms with Crippen molar-refractivity contribution in [1.82, 2.24) is 14.6 Å². The lowest BCUT2D eigenvalue weighted by Gasteiger charge is -2.19. The van der Waals surface area contributed by atoms with Gasteiger partial charge in [0.2, 0.25) is 10.0 Å². The Balaban J connectivity index is 3.08. The Hall–Kier alpha value is -1.38. The summed E-state index contributed by atoms with van der Waals surface area (Å²) in [5.41, 5.74) is 0.248. The van der Waals surface area contributed by atoms with Crippen molar-refractivity contribution >= 4 is 15.9 Å². The molecule has 0 aliphatic rings. The first-order chi connectivity index (χ1) is 9.22. The maximum Gasteiger partial charge on any atom is 0.267 e. The molecule has 0 fully saturated rings. The van der Waals surface area contributed by atoms with Gasteiger partial charge in [-0.25, -0.2) is 13.1 Å². The Kier molecular flexibility index (Phi) is 5.32. The highest BCUT2D eigenvalue weighted by Gasteiger charge is 2.24. The monoisotopic (exact) mass is 303 g/mol. The van der Waals surface area contributed by atoms with E-state index in [-0.39, 0.29) is 29.0 Å². The highest BCUT2D eigenvalue weighted by atomic mass is 32.2. The molecular weight excluding hydrogens is 282 g/mol. The van der Waals surface area contributed by atoms with Crippen LogP contribution in [0, 0.1) is 5.92 Å². The van der Waals surface area contributed by atoms with Crippen molar-refractivity contribution in [2.75, 3.05) is 13.7 Å². The van der Waals surface area contributed by atoms with E-state index in [9.17, 15) is 18.3 Å². The summed E-state index contributed by atoms with van der Waals surface area (Å²) in [7, 11) is -0.704. The molecule has 1 aromatic heterocycles. The van der Waals surface area contributed by atoms with Crippen LogP contribution in [0.4, 0.5) is 0 Å². The molecule has 0 aliphatic carbocycles. The van der Waals surface area contributed by atoms with Gasteiger partial charge >= 0.3 is 0 Å². The number of carbonyl (C=O) groups excluding carboxylic acids is 1. The Bertz CT molecular complexity index is 578. The highest BCUT2D eigenvalue weighted by molar-refractivity contribution is 7.89. The average Bonchev–Trinajstić information content (AvgIpc) is 2.77. The van der Waals surface area contributed by atoms with Gasteiger partial charge in [0.25, 0.3) is 5.91 Å². The van der Waals surface area contributed by atoms with Gasteiger partial charge in [0.05, 0.1) is 6.61 Å². The molecule has 0 saturated carbocycles. The van der Waals surface area contributed by atoms with E-state index in [1.807, 2.05) is 13.8 Å². The van der Waals surface area contributed by atoms with E-state index in [4.69, 9.17) is 0 Å². The second-order valence-corrected chi connectivity index (χ2v) is 6.62. The summed E-state index contributed by atoms with van der Waals surface area (Å²) >= 11 is 0. The van der Waals surface area contributed by atoms with Crippen molar-refractivity contribution in [3.63, 3.8) is 0 Å². The number of aliphatic hydroxyl groups is 1. The molecule has 1 amide bonds. The van der Waals surface area contributed by atoms with Gasteiger partial charge in [-0.2, -0.15) is 0 Å². The number of hydrogen-bond donors (Lipinski definition) is 3. The van der Waals surface area contributed by atoms with Crippen LogP contribution in [0.5, 0.6) is 0 Å². The quantitative estimate of drug-likeness (QED) is 0.670. The van der Waals surface area contributed by atoms with Gasteiger partial charge in [-0.1, -0.05) is 13.8 Å². The number of aromatic nitrogens is 1. The maximum atomic E-state index is 12.2. The maximum absolute atomic E-state index is 12.2. The molecule has 0 bridgehead atoms. The largest absolute Gasteiger partial charge is 0.395 e. The van der Waals surface area contributed by atoms with E-state index in [0.717, 1.165) is 0 Å². The van der Waals surface area contributed by atoms with Gasteiger partial charge in [-0.15, -0.1) is 0 Å². The minimum atomic E-state index is -3.77. The van der Waals surface area contributed by atoms with Crippen LogP contribution < -0.4 is 10.0 Å². The molecular formula is C12H21N3O4S. The van der Waals surface area contributed by atoms with Crippen LogP contribution in [0.3, 0.4) is 0 Å². The van der Waals surface area contributed by atoms with Gasteiger partial charge in [0.15, 0.2) is 0 Å². The Morgan fingerprint density at radius 3 is 2.50 bits per heavy atom. The van der Waals surface area contributed by atoms with Crippen LogP contribution in [0.25, 0.3) is 0 Å². The van der Waals surface area contributed by atoms with Gasteiger partial charge < -0.3 is 15.0 Å². The summed E-state index contributed by atoms with van der Waals surface area (Å²) in [6, 6.07) is 0.735. The Morgan fingerprint density at radius 1 is 1.45 bits per heavy atom. The fourth-order valence-electron chi connectivity index (χ4n) is 1.69. The van der Waals surface area contributed by atoms with Crippen molar-refractivity contribution in [1.29, 1.82) is 0 Å². The second-order valence-electron chi connectivity index (χ2n) is 4.91. The van der Waals surface area contributed by atoms with Crippen LogP contribution in [-0.2, 0) is 17.1 Å². The van der Waals surface area contributed by atoms with E-state index in [1.165, 1.54) is 23.9 Å². The number of nitrogens with zero attached hydrogens (tertiary/aromatic N) is 1.